The van der Waals surface area contributed by atoms with Gasteiger partial charge in [-0.25, -0.2) is 4.98 Å². The average Bonchev–Trinajstić information content (AvgIpc) is 2.91. The van der Waals surface area contributed by atoms with E-state index in [2.05, 4.69) is 16.4 Å². The Morgan fingerprint density at radius 3 is 2.53 bits per heavy atom. The maximum absolute atomic E-state index is 12.6. The molecule has 0 saturated carbocycles. The number of aromatic nitrogens is 1. The average molecular weight is 487 g/mol. The molecule has 2 amide bonds. The van der Waals surface area contributed by atoms with Crippen molar-refractivity contribution in [3.63, 3.8) is 0 Å². The zero-order valence-electron chi connectivity index (χ0n) is 20.3. The first-order valence-corrected chi connectivity index (χ1v) is 11.9. The van der Waals surface area contributed by atoms with Crippen LogP contribution in [0.1, 0.15) is 21.5 Å². The molecule has 0 spiro atoms. The molecule has 8 heteroatoms. The smallest absolute Gasteiger partial charge is 0.254 e. The van der Waals surface area contributed by atoms with E-state index in [0.717, 1.165) is 28.0 Å². The Bertz CT molecular complexity index is 1220. The first-order chi connectivity index (χ1) is 17.5. The standard InChI is InChI=1S/C28H30N4O4/c1-20-18-24(22-4-6-23(7-5-22)28(34)32-13-16-35-17-14-32)8-9-25(20)36-15-12-30-27(33)11-3-21-2-10-26(29)31-19-21/h2-11,18-19H,12-17H2,1H3,(H2,29,31)(H,30,33)/b11-3+. The maximum Gasteiger partial charge on any atom is 0.254 e. The molecule has 0 radical (unpaired) electrons. The summed E-state index contributed by atoms with van der Waals surface area (Å²) in [6.07, 6.45) is 4.73. The lowest BCUT2D eigenvalue weighted by Crippen LogP contribution is -2.40. The minimum atomic E-state index is -0.210. The summed E-state index contributed by atoms with van der Waals surface area (Å²) < 4.78 is 11.2. The van der Waals surface area contributed by atoms with E-state index in [9.17, 15) is 9.59 Å². The van der Waals surface area contributed by atoms with E-state index in [-0.39, 0.29) is 11.8 Å². The van der Waals surface area contributed by atoms with Crippen molar-refractivity contribution < 1.29 is 19.1 Å². The molecule has 0 bridgehead atoms. The summed E-state index contributed by atoms with van der Waals surface area (Å²) in [6.45, 7) is 5.14. The second kappa shape index (κ2) is 12.0. The molecule has 1 aromatic heterocycles. The number of benzene rings is 2. The van der Waals surface area contributed by atoms with Gasteiger partial charge in [-0.05, 0) is 71.7 Å². The van der Waals surface area contributed by atoms with Crippen LogP contribution >= 0.6 is 0 Å². The molecule has 4 rings (SSSR count). The van der Waals surface area contributed by atoms with Crippen molar-refractivity contribution in [1.29, 1.82) is 0 Å². The molecule has 3 aromatic rings. The topological polar surface area (TPSA) is 107 Å². The minimum Gasteiger partial charge on any atom is -0.491 e. The van der Waals surface area contributed by atoms with Crippen LogP contribution in [0.15, 0.2) is 66.9 Å². The first kappa shape index (κ1) is 24.9. The van der Waals surface area contributed by atoms with Crippen LogP contribution in [0.2, 0.25) is 0 Å². The Morgan fingerprint density at radius 1 is 1.08 bits per heavy atom. The molecule has 186 valence electrons. The fraction of sp³-hybridized carbons (Fsp3) is 0.250. The molecule has 1 aliphatic heterocycles. The Balaban J connectivity index is 1.26. The van der Waals surface area contributed by atoms with E-state index in [0.29, 0.717) is 50.8 Å². The summed E-state index contributed by atoms with van der Waals surface area (Å²) >= 11 is 0. The molecule has 2 heterocycles. The van der Waals surface area contributed by atoms with Gasteiger partial charge in [-0.1, -0.05) is 18.2 Å². The van der Waals surface area contributed by atoms with E-state index in [4.69, 9.17) is 15.2 Å². The number of ether oxygens (including phenoxy) is 2. The highest BCUT2D eigenvalue weighted by Crippen LogP contribution is 2.27. The molecular weight excluding hydrogens is 456 g/mol. The molecule has 1 saturated heterocycles. The van der Waals surface area contributed by atoms with Gasteiger partial charge in [-0.3, -0.25) is 9.59 Å². The zero-order chi connectivity index (χ0) is 25.3. The number of amides is 2. The normalized spacial score (nSPS) is 13.5. The zero-order valence-corrected chi connectivity index (χ0v) is 20.3. The van der Waals surface area contributed by atoms with Crippen LogP contribution in [0.5, 0.6) is 5.75 Å². The van der Waals surface area contributed by atoms with Crippen molar-refractivity contribution in [1.82, 2.24) is 15.2 Å². The predicted octanol–water partition coefficient (Wildman–Crippen LogP) is 3.32. The Morgan fingerprint density at radius 2 is 1.83 bits per heavy atom. The van der Waals surface area contributed by atoms with E-state index in [1.54, 1.807) is 24.4 Å². The van der Waals surface area contributed by atoms with Crippen molar-refractivity contribution >= 4 is 23.7 Å². The van der Waals surface area contributed by atoms with Crippen molar-refractivity contribution in [3.05, 3.63) is 83.6 Å². The second-order valence-corrected chi connectivity index (χ2v) is 8.45. The molecule has 8 nitrogen and oxygen atoms in total. The number of pyridine rings is 1. The van der Waals surface area contributed by atoms with E-state index in [1.807, 2.05) is 48.2 Å². The summed E-state index contributed by atoms with van der Waals surface area (Å²) in [5.74, 6) is 1.02. The van der Waals surface area contributed by atoms with Gasteiger partial charge in [0.25, 0.3) is 5.91 Å². The van der Waals surface area contributed by atoms with Gasteiger partial charge >= 0.3 is 0 Å². The number of morpholine rings is 1. The predicted molar refractivity (Wildman–Crippen MR) is 140 cm³/mol. The fourth-order valence-electron chi connectivity index (χ4n) is 3.83. The Hall–Kier alpha value is -4.17. The van der Waals surface area contributed by atoms with Crippen molar-refractivity contribution in [2.45, 2.75) is 6.92 Å². The highest BCUT2D eigenvalue weighted by atomic mass is 16.5. The van der Waals surface area contributed by atoms with Gasteiger partial charge in [0, 0.05) is 30.9 Å². The molecule has 0 aliphatic carbocycles. The largest absolute Gasteiger partial charge is 0.491 e. The van der Waals surface area contributed by atoms with Gasteiger partial charge in [0.05, 0.1) is 19.8 Å². The first-order valence-electron chi connectivity index (χ1n) is 11.9. The van der Waals surface area contributed by atoms with Crippen LogP contribution in [0.25, 0.3) is 17.2 Å². The monoisotopic (exact) mass is 486 g/mol. The number of nitrogens with zero attached hydrogens (tertiary/aromatic N) is 2. The molecule has 1 fully saturated rings. The summed E-state index contributed by atoms with van der Waals surface area (Å²) in [5.41, 5.74) is 10.1. The molecule has 36 heavy (non-hydrogen) atoms. The molecular formula is C28H30N4O4. The number of nitrogens with two attached hydrogens (primary N) is 1. The maximum atomic E-state index is 12.6. The number of nitrogen functional groups attached to an aromatic ring is 1. The highest BCUT2D eigenvalue weighted by molar-refractivity contribution is 5.95. The summed E-state index contributed by atoms with van der Waals surface area (Å²) in [4.78, 5) is 30.4. The third-order valence-corrected chi connectivity index (χ3v) is 5.83. The number of aryl methyl sites for hydroxylation is 1. The van der Waals surface area contributed by atoms with Crippen LogP contribution in [0.3, 0.4) is 0 Å². The molecule has 1 aliphatic rings. The Labute approximate surface area is 210 Å². The number of anilines is 1. The Kier molecular flexibility index (Phi) is 8.31. The van der Waals surface area contributed by atoms with Gasteiger partial charge in [-0.15, -0.1) is 0 Å². The lowest BCUT2D eigenvalue weighted by atomic mass is 10.0. The van der Waals surface area contributed by atoms with Gasteiger partial charge in [0.2, 0.25) is 5.91 Å². The van der Waals surface area contributed by atoms with Crippen molar-refractivity contribution in [3.8, 4) is 16.9 Å². The van der Waals surface area contributed by atoms with E-state index in [1.165, 1.54) is 6.08 Å². The lowest BCUT2D eigenvalue weighted by molar-refractivity contribution is -0.116. The van der Waals surface area contributed by atoms with Gasteiger partial charge < -0.3 is 25.4 Å². The number of carbonyl (C=O) groups excluding carboxylic acids is 2. The number of nitrogens with one attached hydrogen (secondary N) is 1. The number of carbonyl (C=O) groups is 2. The molecule has 3 N–H and O–H groups in total. The summed E-state index contributed by atoms with van der Waals surface area (Å²) in [7, 11) is 0. The highest BCUT2D eigenvalue weighted by Gasteiger charge is 2.18. The second-order valence-electron chi connectivity index (χ2n) is 8.45. The summed E-state index contributed by atoms with van der Waals surface area (Å²) in [6, 6.07) is 17.1. The van der Waals surface area contributed by atoms with Crippen LogP contribution in [-0.2, 0) is 9.53 Å². The number of hydrogen-bond donors (Lipinski definition) is 2. The van der Waals surface area contributed by atoms with Gasteiger partial charge in [-0.2, -0.15) is 0 Å². The fourth-order valence-corrected chi connectivity index (χ4v) is 3.83. The van der Waals surface area contributed by atoms with E-state index < -0.39 is 0 Å². The van der Waals surface area contributed by atoms with Crippen LogP contribution in [0, 0.1) is 6.92 Å². The molecule has 0 unspecified atom stereocenters. The van der Waals surface area contributed by atoms with Gasteiger partial charge in [0.1, 0.15) is 18.2 Å². The van der Waals surface area contributed by atoms with Crippen molar-refractivity contribution in [2.24, 2.45) is 0 Å². The number of hydrogen-bond acceptors (Lipinski definition) is 6. The van der Waals surface area contributed by atoms with E-state index >= 15 is 0 Å². The van der Waals surface area contributed by atoms with Crippen LogP contribution in [-0.4, -0.2) is 61.2 Å². The van der Waals surface area contributed by atoms with Crippen LogP contribution < -0.4 is 15.8 Å². The quantitative estimate of drug-likeness (QED) is 0.374. The molecule has 0 atom stereocenters. The lowest BCUT2D eigenvalue weighted by Gasteiger charge is -2.26. The number of rotatable bonds is 8. The van der Waals surface area contributed by atoms with Crippen molar-refractivity contribution in [2.75, 3.05) is 45.2 Å². The third kappa shape index (κ3) is 6.70. The van der Waals surface area contributed by atoms with Crippen LogP contribution in [0.4, 0.5) is 5.82 Å². The van der Waals surface area contributed by atoms with Gasteiger partial charge in [0.15, 0.2) is 0 Å². The SMILES string of the molecule is Cc1cc(-c2ccc(C(=O)N3CCOCC3)cc2)ccc1OCCNC(=O)/C=C/c1ccc(N)nc1. The minimum absolute atomic E-state index is 0.0367. The summed E-state index contributed by atoms with van der Waals surface area (Å²) in [5, 5.41) is 2.80. The third-order valence-electron chi connectivity index (χ3n) is 5.83. The molecule has 2 aromatic carbocycles.